The minimum atomic E-state index is -3.80. The van der Waals surface area contributed by atoms with Gasteiger partial charge < -0.3 is 14.7 Å². The monoisotopic (exact) mass is 457 g/mol. The fourth-order valence-electron chi connectivity index (χ4n) is 3.16. The first kappa shape index (κ1) is 23.9. The van der Waals surface area contributed by atoms with Gasteiger partial charge in [-0.2, -0.15) is 0 Å². The minimum absolute atomic E-state index is 0.117. The summed E-state index contributed by atoms with van der Waals surface area (Å²) in [6.45, 7) is 3.99. The van der Waals surface area contributed by atoms with Crippen LogP contribution in [0, 0.1) is 0 Å². The van der Waals surface area contributed by atoms with Crippen molar-refractivity contribution in [3.63, 3.8) is 0 Å². The molecule has 2 rings (SSSR count). The maximum atomic E-state index is 12.9. The van der Waals surface area contributed by atoms with Crippen molar-refractivity contribution in [1.82, 2.24) is 4.90 Å². The van der Waals surface area contributed by atoms with Crippen molar-refractivity contribution < 1.29 is 32.6 Å². The highest BCUT2D eigenvalue weighted by Gasteiger charge is 2.31. The van der Waals surface area contributed by atoms with Crippen molar-refractivity contribution in [2.45, 2.75) is 38.0 Å². The molecule has 0 bridgehead atoms. The molecule has 1 N–H and O–H groups in total. The summed E-state index contributed by atoms with van der Waals surface area (Å²) >= 11 is 6.31. The smallest absolute Gasteiger partial charge is 0.260 e. The predicted molar refractivity (Wildman–Crippen MR) is 111 cm³/mol. The summed E-state index contributed by atoms with van der Waals surface area (Å²) in [6.07, 6.45) is 1.68. The maximum absolute atomic E-state index is 12.9. The molecule has 0 aromatic heterocycles. The van der Waals surface area contributed by atoms with Crippen LogP contribution < -0.4 is 4.74 Å². The van der Waals surface area contributed by atoms with Gasteiger partial charge in [-0.05, 0) is 32.4 Å². The van der Waals surface area contributed by atoms with E-state index in [-0.39, 0.29) is 51.3 Å². The Labute approximate surface area is 180 Å². The lowest BCUT2D eigenvalue weighted by molar-refractivity contribution is -0.133. The molecule has 1 aromatic rings. The second kappa shape index (κ2) is 9.61. The number of allylic oxidation sites excluding steroid dienone is 2. The van der Waals surface area contributed by atoms with Gasteiger partial charge in [-0.15, -0.1) is 0 Å². The van der Waals surface area contributed by atoms with Crippen molar-refractivity contribution in [2.24, 2.45) is 0 Å². The lowest BCUT2D eigenvalue weighted by atomic mass is 9.90. The third-order valence-corrected chi connectivity index (χ3v) is 6.27. The van der Waals surface area contributed by atoms with Gasteiger partial charge in [0.25, 0.3) is 5.91 Å². The summed E-state index contributed by atoms with van der Waals surface area (Å²) in [5, 5.41) is 9.69. The molecule has 164 valence electrons. The molecule has 8 nitrogen and oxygen atoms in total. The Morgan fingerprint density at radius 1 is 1.20 bits per heavy atom. The lowest BCUT2D eigenvalue weighted by Crippen LogP contribution is -2.34. The summed E-state index contributed by atoms with van der Waals surface area (Å²) in [6, 6.07) is 2.30. The molecule has 0 fully saturated rings. The van der Waals surface area contributed by atoms with Crippen molar-refractivity contribution in [1.29, 1.82) is 0 Å². The van der Waals surface area contributed by atoms with Crippen LogP contribution in [0.15, 0.2) is 28.4 Å². The number of benzene rings is 1. The van der Waals surface area contributed by atoms with Gasteiger partial charge in [-0.1, -0.05) is 11.6 Å². The largest absolute Gasteiger partial charge is 0.511 e. The van der Waals surface area contributed by atoms with Crippen LogP contribution in [0.25, 0.3) is 0 Å². The summed E-state index contributed by atoms with van der Waals surface area (Å²) in [5.41, 5.74) is -0.549. The summed E-state index contributed by atoms with van der Waals surface area (Å²) in [7, 11) is -3.80. The van der Waals surface area contributed by atoms with E-state index in [4.69, 9.17) is 16.3 Å². The average Bonchev–Trinajstić information content (AvgIpc) is 2.66. The van der Waals surface area contributed by atoms with E-state index in [0.717, 1.165) is 12.3 Å². The number of aliphatic hydroxyl groups is 1. The molecule has 0 saturated heterocycles. The Morgan fingerprint density at radius 2 is 1.83 bits per heavy atom. The van der Waals surface area contributed by atoms with Crippen molar-refractivity contribution in [3.05, 3.63) is 34.1 Å². The number of amides is 1. The van der Waals surface area contributed by atoms with Crippen LogP contribution in [0.1, 0.15) is 43.5 Å². The molecule has 0 spiro atoms. The number of hydrogen-bond acceptors (Lipinski definition) is 7. The fraction of sp³-hybridized carbons (Fsp3) is 0.450. The molecule has 0 aliphatic heterocycles. The summed E-state index contributed by atoms with van der Waals surface area (Å²) in [5.74, 6) is -2.36. The zero-order valence-corrected chi connectivity index (χ0v) is 18.6. The van der Waals surface area contributed by atoms with E-state index in [2.05, 4.69) is 0 Å². The Morgan fingerprint density at radius 3 is 2.37 bits per heavy atom. The number of likely N-dealkylation sites (N-methyl/N-ethyl adjacent to an activating group) is 1. The predicted octanol–water partition coefficient (Wildman–Crippen LogP) is 2.74. The number of Topliss-reactive ketones (excluding diaryl/α,β-unsaturated/α-hetero) is 2. The van der Waals surface area contributed by atoms with Gasteiger partial charge in [0.1, 0.15) is 16.2 Å². The van der Waals surface area contributed by atoms with E-state index in [1.165, 1.54) is 11.0 Å². The molecule has 1 aliphatic rings. The zero-order chi connectivity index (χ0) is 22.6. The molecule has 10 heteroatoms. The van der Waals surface area contributed by atoms with E-state index in [1.54, 1.807) is 13.8 Å². The second-order valence-electron chi connectivity index (χ2n) is 6.81. The van der Waals surface area contributed by atoms with Gasteiger partial charge >= 0.3 is 0 Å². The number of sulfone groups is 1. The first-order chi connectivity index (χ1) is 14.0. The zero-order valence-electron chi connectivity index (χ0n) is 17.0. The van der Waals surface area contributed by atoms with E-state index in [0.29, 0.717) is 19.5 Å². The number of carbonyl (C=O) groups excluding carboxylic acids is 3. The van der Waals surface area contributed by atoms with Gasteiger partial charge in [0, 0.05) is 37.8 Å². The SMILES string of the molecule is CCN(CC)C(=O)COc1c(S(C)(=O)=O)ccc(C(=O)C2=C(O)CCCC2=O)c1Cl. The van der Waals surface area contributed by atoms with Crippen LogP contribution in [0.2, 0.25) is 5.02 Å². The molecule has 0 heterocycles. The van der Waals surface area contributed by atoms with E-state index in [1.807, 2.05) is 0 Å². The van der Waals surface area contributed by atoms with Crippen molar-refractivity contribution in [3.8, 4) is 5.75 Å². The number of halogens is 1. The van der Waals surface area contributed by atoms with Crippen LogP contribution in [-0.2, 0) is 19.4 Å². The van der Waals surface area contributed by atoms with Crippen LogP contribution in [0.5, 0.6) is 5.75 Å². The van der Waals surface area contributed by atoms with E-state index < -0.39 is 28.0 Å². The standard InChI is InChI=1S/C20H24ClNO7S/c1-4-22(5-2)16(25)11-29-20-15(30(3,27)28)10-9-12(18(20)21)19(26)17-13(23)7-6-8-14(17)24/h9-10,23H,4-8,11H2,1-3H3. The number of ether oxygens (including phenoxy) is 1. The normalized spacial score (nSPS) is 14.6. The molecule has 1 aromatic carbocycles. The highest BCUT2D eigenvalue weighted by Crippen LogP contribution is 2.37. The third-order valence-electron chi connectivity index (χ3n) is 4.77. The number of rotatable bonds is 8. The topological polar surface area (TPSA) is 118 Å². The Bertz CT molecular complexity index is 1010. The highest BCUT2D eigenvalue weighted by molar-refractivity contribution is 7.90. The second-order valence-corrected chi connectivity index (χ2v) is 9.17. The molecule has 30 heavy (non-hydrogen) atoms. The van der Waals surface area contributed by atoms with E-state index >= 15 is 0 Å². The van der Waals surface area contributed by atoms with Gasteiger partial charge in [0.2, 0.25) is 5.78 Å². The number of hydrogen-bond donors (Lipinski definition) is 1. The average molecular weight is 458 g/mol. The Balaban J connectivity index is 2.51. The number of carbonyl (C=O) groups is 3. The van der Waals surface area contributed by atoms with Crippen LogP contribution in [0.4, 0.5) is 0 Å². The Hall–Kier alpha value is -2.39. The number of nitrogens with zero attached hydrogens (tertiary/aromatic N) is 1. The Kier molecular flexibility index (Phi) is 7.65. The van der Waals surface area contributed by atoms with Crippen LogP contribution in [-0.4, -0.2) is 61.9 Å². The molecular formula is C20H24ClNO7S. The first-order valence-corrected chi connectivity index (χ1v) is 11.7. The van der Waals surface area contributed by atoms with Gasteiger partial charge in [0.15, 0.2) is 28.0 Å². The minimum Gasteiger partial charge on any atom is -0.511 e. The summed E-state index contributed by atoms with van der Waals surface area (Å²) < 4.78 is 29.8. The van der Waals surface area contributed by atoms with Crippen LogP contribution >= 0.6 is 11.6 Å². The quantitative estimate of drug-likeness (QED) is 0.471. The van der Waals surface area contributed by atoms with Gasteiger partial charge in [0.05, 0.1) is 5.02 Å². The lowest BCUT2D eigenvalue weighted by Gasteiger charge is -2.20. The first-order valence-electron chi connectivity index (χ1n) is 9.46. The molecule has 0 saturated carbocycles. The van der Waals surface area contributed by atoms with Crippen LogP contribution in [0.3, 0.4) is 0 Å². The van der Waals surface area contributed by atoms with Crippen molar-refractivity contribution in [2.75, 3.05) is 26.0 Å². The van der Waals surface area contributed by atoms with Gasteiger partial charge in [-0.25, -0.2) is 8.42 Å². The number of aliphatic hydroxyl groups excluding tert-OH is 1. The fourth-order valence-corrected chi connectivity index (χ4v) is 4.34. The maximum Gasteiger partial charge on any atom is 0.260 e. The van der Waals surface area contributed by atoms with Crippen molar-refractivity contribution >= 4 is 38.9 Å². The number of ketones is 2. The third kappa shape index (κ3) is 5.02. The molecule has 1 amide bonds. The summed E-state index contributed by atoms with van der Waals surface area (Å²) in [4.78, 5) is 38.5. The molecule has 1 aliphatic carbocycles. The molecule has 0 atom stereocenters. The molecular weight excluding hydrogens is 434 g/mol. The van der Waals surface area contributed by atoms with Gasteiger partial charge in [-0.3, -0.25) is 14.4 Å². The molecule has 0 radical (unpaired) electrons. The molecule has 0 unspecified atom stereocenters. The van der Waals surface area contributed by atoms with E-state index in [9.17, 15) is 27.9 Å². The highest BCUT2D eigenvalue weighted by atomic mass is 35.5.